The number of hydrogen-bond acceptors (Lipinski definition) is 3. The van der Waals surface area contributed by atoms with Crippen LogP contribution in [0.4, 0.5) is 0 Å². The number of hydrogen-bond donors (Lipinski definition) is 0. The van der Waals surface area contributed by atoms with E-state index in [1.54, 1.807) is 0 Å². The third kappa shape index (κ3) is 3.99. The minimum Gasteiger partial charge on any atom is -0.355 e. The van der Waals surface area contributed by atoms with Crippen molar-refractivity contribution in [2.24, 2.45) is 5.92 Å². The van der Waals surface area contributed by atoms with Crippen molar-refractivity contribution in [1.82, 2.24) is 0 Å². The van der Waals surface area contributed by atoms with Crippen molar-refractivity contribution in [3.8, 4) is 0 Å². The number of thioether (sulfide) groups is 1. The second-order valence-electron chi connectivity index (χ2n) is 3.11. The van der Waals surface area contributed by atoms with Crippen LogP contribution in [0.5, 0.6) is 0 Å². The number of ether oxygens (including phenoxy) is 2. The highest BCUT2D eigenvalue weighted by Gasteiger charge is 2.14. The first-order chi connectivity index (χ1) is 5.29. The third-order valence-corrected chi connectivity index (χ3v) is 2.87. The molecule has 1 heterocycles. The Labute approximate surface area is 72.6 Å². The first kappa shape index (κ1) is 9.36. The van der Waals surface area contributed by atoms with Gasteiger partial charge in [0, 0.05) is 11.7 Å². The van der Waals surface area contributed by atoms with E-state index in [2.05, 4.69) is 13.8 Å². The van der Waals surface area contributed by atoms with Gasteiger partial charge in [-0.25, -0.2) is 0 Å². The van der Waals surface area contributed by atoms with Crippen molar-refractivity contribution in [3.05, 3.63) is 0 Å². The highest BCUT2D eigenvalue weighted by Crippen LogP contribution is 2.16. The molecule has 66 valence electrons. The number of rotatable bonds is 3. The lowest BCUT2D eigenvalue weighted by molar-refractivity contribution is -0.120. The van der Waals surface area contributed by atoms with E-state index < -0.39 is 0 Å². The highest BCUT2D eigenvalue weighted by atomic mass is 32.2. The van der Waals surface area contributed by atoms with Gasteiger partial charge in [-0.05, 0) is 5.25 Å². The minimum absolute atomic E-state index is 0.489. The summed E-state index contributed by atoms with van der Waals surface area (Å²) in [7, 11) is 0. The second kappa shape index (κ2) is 5.01. The summed E-state index contributed by atoms with van der Waals surface area (Å²) in [6.45, 7) is 6.67. The molecule has 0 aliphatic carbocycles. The second-order valence-corrected chi connectivity index (χ2v) is 4.72. The molecular formula is C8H16O2S. The van der Waals surface area contributed by atoms with Crippen molar-refractivity contribution < 1.29 is 9.47 Å². The molecule has 0 spiro atoms. The molecule has 3 heteroatoms. The first-order valence-corrected chi connectivity index (χ1v) is 5.11. The van der Waals surface area contributed by atoms with E-state index in [1.165, 1.54) is 0 Å². The molecule has 1 aliphatic rings. The summed E-state index contributed by atoms with van der Waals surface area (Å²) in [4.78, 5) is 0. The van der Waals surface area contributed by atoms with Crippen molar-refractivity contribution >= 4 is 11.8 Å². The summed E-state index contributed by atoms with van der Waals surface area (Å²) in [6, 6.07) is 0. The molecule has 0 aromatic rings. The molecule has 1 saturated heterocycles. The normalized spacial score (nSPS) is 21.0. The van der Waals surface area contributed by atoms with Crippen LogP contribution in [0.25, 0.3) is 0 Å². The molecule has 1 rings (SSSR count). The van der Waals surface area contributed by atoms with Gasteiger partial charge in [0.15, 0.2) is 0 Å². The summed E-state index contributed by atoms with van der Waals surface area (Å²) in [5.74, 6) is 1.77. The zero-order chi connectivity index (χ0) is 8.10. The van der Waals surface area contributed by atoms with Gasteiger partial charge in [-0.1, -0.05) is 13.8 Å². The van der Waals surface area contributed by atoms with E-state index in [0.29, 0.717) is 12.7 Å². The predicted molar refractivity (Wildman–Crippen MR) is 47.9 cm³/mol. The Morgan fingerprint density at radius 2 is 2.00 bits per heavy atom. The monoisotopic (exact) mass is 176 g/mol. The average molecular weight is 176 g/mol. The van der Waals surface area contributed by atoms with Crippen molar-refractivity contribution in [1.29, 1.82) is 0 Å². The molecule has 0 aromatic heterocycles. The van der Waals surface area contributed by atoms with Crippen LogP contribution in [0.2, 0.25) is 0 Å². The van der Waals surface area contributed by atoms with Gasteiger partial charge in [0.05, 0.1) is 13.2 Å². The quantitative estimate of drug-likeness (QED) is 0.652. The molecule has 11 heavy (non-hydrogen) atoms. The zero-order valence-corrected chi connectivity index (χ0v) is 8.02. The van der Waals surface area contributed by atoms with Gasteiger partial charge in [-0.3, -0.25) is 0 Å². The Hall–Kier alpha value is 0.270. The van der Waals surface area contributed by atoms with Crippen molar-refractivity contribution in [2.75, 3.05) is 25.8 Å². The Balaban J connectivity index is 2.05. The van der Waals surface area contributed by atoms with Gasteiger partial charge < -0.3 is 9.47 Å². The molecule has 0 bridgehead atoms. The van der Waals surface area contributed by atoms with Crippen molar-refractivity contribution in [2.45, 2.75) is 19.1 Å². The fourth-order valence-corrected chi connectivity index (χ4v) is 1.81. The zero-order valence-electron chi connectivity index (χ0n) is 7.21. The summed E-state index contributed by atoms with van der Waals surface area (Å²) >= 11 is 1.98. The van der Waals surface area contributed by atoms with Gasteiger partial charge in [0.25, 0.3) is 0 Å². The first-order valence-electron chi connectivity index (χ1n) is 4.06. The van der Waals surface area contributed by atoms with Crippen LogP contribution >= 0.6 is 11.8 Å². The van der Waals surface area contributed by atoms with E-state index in [9.17, 15) is 0 Å². The fourth-order valence-electron chi connectivity index (χ4n) is 0.961. The van der Waals surface area contributed by atoms with Crippen LogP contribution in [-0.2, 0) is 9.47 Å². The van der Waals surface area contributed by atoms with Crippen LogP contribution in [0, 0.1) is 5.92 Å². The minimum atomic E-state index is 0.489. The lowest BCUT2D eigenvalue weighted by atomic mass is 10.2. The molecule has 1 aliphatic heterocycles. The SMILES string of the molecule is CC(C)SCC1COCOC1. The third-order valence-electron chi connectivity index (χ3n) is 1.54. The van der Waals surface area contributed by atoms with Crippen LogP contribution in [-0.4, -0.2) is 31.0 Å². The summed E-state index contributed by atoms with van der Waals surface area (Å²) in [6.07, 6.45) is 0. The molecular weight excluding hydrogens is 160 g/mol. The van der Waals surface area contributed by atoms with E-state index in [4.69, 9.17) is 9.47 Å². The predicted octanol–water partition coefficient (Wildman–Crippen LogP) is 1.75. The Bertz CT molecular complexity index is 100. The Kier molecular flexibility index (Phi) is 4.26. The van der Waals surface area contributed by atoms with E-state index >= 15 is 0 Å². The van der Waals surface area contributed by atoms with Crippen LogP contribution in [0.15, 0.2) is 0 Å². The van der Waals surface area contributed by atoms with Gasteiger partial charge in [-0.15, -0.1) is 0 Å². The molecule has 0 amide bonds. The maximum Gasteiger partial charge on any atom is 0.146 e. The molecule has 0 radical (unpaired) electrons. The smallest absolute Gasteiger partial charge is 0.146 e. The average Bonchev–Trinajstić information content (AvgIpc) is 2.03. The van der Waals surface area contributed by atoms with Gasteiger partial charge in [-0.2, -0.15) is 11.8 Å². The molecule has 0 atom stereocenters. The van der Waals surface area contributed by atoms with Gasteiger partial charge in [0.2, 0.25) is 0 Å². The summed E-state index contributed by atoms with van der Waals surface area (Å²) in [5, 5.41) is 0.719. The van der Waals surface area contributed by atoms with Crippen LogP contribution in [0.1, 0.15) is 13.8 Å². The van der Waals surface area contributed by atoms with Gasteiger partial charge in [0.1, 0.15) is 6.79 Å². The van der Waals surface area contributed by atoms with Crippen LogP contribution in [0.3, 0.4) is 0 Å². The van der Waals surface area contributed by atoms with E-state index in [0.717, 1.165) is 24.2 Å². The van der Waals surface area contributed by atoms with Gasteiger partial charge >= 0.3 is 0 Å². The summed E-state index contributed by atoms with van der Waals surface area (Å²) < 4.78 is 10.4. The Morgan fingerprint density at radius 3 is 2.55 bits per heavy atom. The van der Waals surface area contributed by atoms with Crippen molar-refractivity contribution in [3.63, 3.8) is 0 Å². The lowest BCUT2D eigenvalue weighted by Gasteiger charge is -2.22. The largest absolute Gasteiger partial charge is 0.355 e. The maximum atomic E-state index is 5.18. The molecule has 0 unspecified atom stereocenters. The molecule has 0 saturated carbocycles. The molecule has 1 fully saturated rings. The standard InChI is InChI=1S/C8H16O2S/c1-7(2)11-5-8-3-9-6-10-4-8/h7-8H,3-6H2,1-2H3. The Morgan fingerprint density at radius 1 is 1.36 bits per heavy atom. The van der Waals surface area contributed by atoms with E-state index in [1.807, 2.05) is 11.8 Å². The molecule has 0 aromatic carbocycles. The van der Waals surface area contributed by atoms with Crippen LogP contribution < -0.4 is 0 Å². The summed E-state index contributed by atoms with van der Waals surface area (Å²) in [5.41, 5.74) is 0. The van der Waals surface area contributed by atoms with E-state index in [-0.39, 0.29) is 0 Å². The molecule has 2 nitrogen and oxygen atoms in total. The topological polar surface area (TPSA) is 18.5 Å². The highest BCUT2D eigenvalue weighted by molar-refractivity contribution is 7.99. The lowest BCUT2D eigenvalue weighted by Crippen LogP contribution is -2.26. The maximum absolute atomic E-state index is 5.18. The fraction of sp³-hybridized carbons (Fsp3) is 1.00. The molecule has 0 N–H and O–H groups in total.